The van der Waals surface area contributed by atoms with Gasteiger partial charge in [-0.25, -0.2) is 17.5 Å². The van der Waals surface area contributed by atoms with Crippen LogP contribution in [0.2, 0.25) is 0 Å². The van der Waals surface area contributed by atoms with Crippen LogP contribution in [0.3, 0.4) is 0 Å². The van der Waals surface area contributed by atoms with E-state index in [4.69, 9.17) is 0 Å². The van der Waals surface area contributed by atoms with Gasteiger partial charge < -0.3 is 4.90 Å². The number of halogens is 1. The molecule has 1 N–H and O–H groups in total. The molecule has 0 saturated heterocycles. The van der Waals surface area contributed by atoms with Gasteiger partial charge in [-0.05, 0) is 42.7 Å². The molecule has 138 valence electrons. The lowest BCUT2D eigenvalue weighted by molar-refractivity contribution is -0.132. The van der Waals surface area contributed by atoms with E-state index in [1.165, 1.54) is 24.3 Å². The van der Waals surface area contributed by atoms with Gasteiger partial charge in [0.1, 0.15) is 5.82 Å². The van der Waals surface area contributed by atoms with E-state index in [1.54, 1.807) is 35.2 Å². The number of amides is 1. The zero-order chi connectivity index (χ0) is 18.6. The van der Waals surface area contributed by atoms with E-state index in [2.05, 4.69) is 4.72 Å². The molecule has 0 bridgehead atoms. The van der Waals surface area contributed by atoms with Crippen molar-refractivity contribution in [1.82, 2.24) is 9.62 Å². The highest BCUT2D eigenvalue weighted by molar-refractivity contribution is 7.89. The van der Waals surface area contributed by atoms with E-state index in [9.17, 15) is 17.6 Å². The second-order valence-electron chi connectivity index (χ2n) is 6.34. The standard InChI is InChI=1S/C19H21FN2O3S/c20-16-8-6-15(7-9-16)14-22(17-10-11-17)19(23)12-13-21-26(24,25)18-4-2-1-3-5-18/h1-9,17,21H,10-14H2. The molecule has 0 unspecified atom stereocenters. The van der Waals surface area contributed by atoms with Crippen LogP contribution in [-0.4, -0.2) is 31.8 Å². The van der Waals surface area contributed by atoms with Crippen molar-refractivity contribution in [2.45, 2.75) is 36.7 Å². The van der Waals surface area contributed by atoms with E-state index in [0.717, 1.165) is 18.4 Å². The summed E-state index contributed by atoms with van der Waals surface area (Å²) in [7, 11) is -3.61. The summed E-state index contributed by atoms with van der Waals surface area (Å²) < 4.78 is 39.9. The molecule has 1 fully saturated rings. The number of hydrogen-bond acceptors (Lipinski definition) is 3. The number of benzene rings is 2. The van der Waals surface area contributed by atoms with Gasteiger partial charge in [0.05, 0.1) is 4.90 Å². The predicted octanol–water partition coefficient (Wildman–Crippen LogP) is 2.69. The lowest BCUT2D eigenvalue weighted by Gasteiger charge is -2.22. The molecule has 0 atom stereocenters. The SMILES string of the molecule is O=C(CCNS(=O)(=O)c1ccccc1)N(Cc1ccc(F)cc1)C1CC1. The quantitative estimate of drug-likeness (QED) is 0.770. The van der Waals surface area contributed by atoms with E-state index >= 15 is 0 Å². The second-order valence-corrected chi connectivity index (χ2v) is 8.11. The largest absolute Gasteiger partial charge is 0.335 e. The van der Waals surface area contributed by atoms with Crippen LogP contribution in [0.25, 0.3) is 0 Å². The average molecular weight is 376 g/mol. The molecule has 1 aliphatic rings. The molecule has 0 radical (unpaired) electrons. The fraction of sp³-hybridized carbons (Fsp3) is 0.316. The minimum absolute atomic E-state index is 0.0443. The lowest BCUT2D eigenvalue weighted by Crippen LogP contribution is -2.35. The Bertz CT molecular complexity index is 850. The Morgan fingerprint density at radius 3 is 2.35 bits per heavy atom. The van der Waals surface area contributed by atoms with Crippen molar-refractivity contribution in [3.05, 3.63) is 66.0 Å². The van der Waals surface area contributed by atoms with Gasteiger partial charge in [0, 0.05) is 25.6 Å². The maximum atomic E-state index is 13.0. The molecule has 2 aromatic carbocycles. The number of carbonyl (C=O) groups excluding carboxylic acids is 1. The van der Waals surface area contributed by atoms with Crippen LogP contribution in [-0.2, 0) is 21.4 Å². The van der Waals surface area contributed by atoms with Crippen LogP contribution in [0.5, 0.6) is 0 Å². The van der Waals surface area contributed by atoms with Crippen molar-refractivity contribution < 1.29 is 17.6 Å². The Balaban J connectivity index is 1.56. The topological polar surface area (TPSA) is 66.5 Å². The highest BCUT2D eigenvalue weighted by Gasteiger charge is 2.32. The van der Waals surface area contributed by atoms with Gasteiger partial charge in [-0.1, -0.05) is 30.3 Å². The second kappa shape index (κ2) is 7.97. The Kier molecular flexibility index (Phi) is 5.68. The van der Waals surface area contributed by atoms with Crippen molar-refractivity contribution >= 4 is 15.9 Å². The summed E-state index contributed by atoms with van der Waals surface area (Å²) in [5.74, 6) is -0.416. The third-order valence-corrected chi connectivity index (χ3v) is 5.74. The Morgan fingerprint density at radius 2 is 1.73 bits per heavy atom. The maximum Gasteiger partial charge on any atom is 0.240 e. The van der Waals surface area contributed by atoms with Gasteiger partial charge >= 0.3 is 0 Å². The Labute approximate surface area is 152 Å². The molecule has 0 heterocycles. The first-order chi connectivity index (χ1) is 12.5. The molecule has 0 aromatic heterocycles. The van der Waals surface area contributed by atoms with Crippen LogP contribution in [0.1, 0.15) is 24.8 Å². The fourth-order valence-electron chi connectivity index (χ4n) is 2.71. The average Bonchev–Trinajstić information content (AvgIpc) is 3.46. The smallest absolute Gasteiger partial charge is 0.240 e. The van der Waals surface area contributed by atoms with Gasteiger partial charge in [-0.3, -0.25) is 4.79 Å². The first-order valence-corrected chi connectivity index (χ1v) is 10.0. The van der Waals surface area contributed by atoms with Crippen molar-refractivity contribution in [3.8, 4) is 0 Å². The molecule has 1 saturated carbocycles. The summed E-state index contributed by atoms with van der Waals surface area (Å²) in [6.45, 7) is 0.456. The zero-order valence-corrected chi connectivity index (χ0v) is 15.1. The number of carbonyl (C=O) groups is 1. The van der Waals surface area contributed by atoms with E-state index in [1.807, 2.05) is 0 Å². The lowest BCUT2D eigenvalue weighted by atomic mass is 10.2. The molecule has 26 heavy (non-hydrogen) atoms. The van der Waals surface area contributed by atoms with Crippen molar-refractivity contribution in [1.29, 1.82) is 0 Å². The van der Waals surface area contributed by atoms with Gasteiger partial charge in [0.25, 0.3) is 0 Å². The highest BCUT2D eigenvalue weighted by atomic mass is 32.2. The number of nitrogens with zero attached hydrogens (tertiary/aromatic N) is 1. The normalized spacial score (nSPS) is 14.2. The summed E-state index contributed by atoms with van der Waals surface area (Å²) in [6, 6.07) is 14.3. The van der Waals surface area contributed by atoms with Gasteiger partial charge in [0.2, 0.25) is 15.9 Å². The van der Waals surface area contributed by atoms with Crippen LogP contribution >= 0.6 is 0 Å². The summed E-state index contributed by atoms with van der Waals surface area (Å²) in [6.07, 6.45) is 1.98. The van der Waals surface area contributed by atoms with Gasteiger partial charge in [0.15, 0.2) is 0 Å². The van der Waals surface area contributed by atoms with Gasteiger partial charge in [-0.2, -0.15) is 0 Å². The molecule has 2 aromatic rings. The minimum Gasteiger partial charge on any atom is -0.335 e. The van der Waals surface area contributed by atoms with E-state index in [-0.39, 0.29) is 35.6 Å². The maximum absolute atomic E-state index is 13.0. The highest BCUT2D eigenvalue weighted by Crippen LogP contribution is 2.29. The van der Waals surface area contributed by atoms with Crippen molar-refractivity contribution in [3.63, 3.8) is 0 Å². The number of sulfonamides is 1. The fourth-order valence-corrected chi connectivity index (χ4v) is 3.77. The summed E-state index contributed by atoms with van der Waals surface area (Å²) in [4.78, 5) is 14.5. The number of rotatable bonds is 8. The Hall–Kier alpha value is -2.25. The molecular weight excluding hydrogens is 355 g/mol. The first kappa shape index (κ1) is 18.5. The third kappa shape index (κ3) is 4.89. The Morgan fingerprint density at radius 1 is 1.08 bits per heavy atom. The first-order valence-electron chi connectivity index (χ1n) is 8.54. The van der Waals surface area contributed by atoms with Crippen LogP contribution < -0.4 is 4.72 Å². The molecule has 0 aliphatic heterocycles. The summed E-state index contributed by atoms with van der Waals surface area (Å²) >= 11 is 0. The number of hydrogen-bond donors (Lipinski definition) is 1. The van der Waals surface area contributed by atoms with Crippen molar-refractivity contribution in [2.24, 2.45) is 0 Å². The van der Waals surface area contributed by atoms with Crippen LogP contribution in [0.15, 0.2) is 59.5 Å². The number of nitrogens with one attached hydrogen (secondary N) is 1. The zero-order valence-electron chi connectivity index (χ0n) is 14.3. The molecule has 1 amide bonds. The van der Waals surface area contributed by atoms with Gasteiger partial charge in [-0.15, -0.1) is 0 Å². The molecule has 5 nitrogen and oxygen atoms in total. The van der Waals surface area contributed by atoms with E-state index in [0.29, 0.717) is 6.54 Å². The van der Waals surface area contributed by atoms with Crippen LogP contribution in [0, 0.1) is 5.82 Å². The van der Waals surface area contributed by atoms with Crippen molar-refractivity contribution in [2.75, 3.05) is 6.54 Å². The molecule has 0 spiro atoms. The predicted molar refractivity (Wildman–Crippen MR) is 96.2 cm³/mol. The third-order valence-electron chi connectivity index (χ3n) is 4.26. The molecular formula is C19H21FN2O3S. The molecule has 7 heteroatoms. The van der Waals surface area contributed by atoms with E-state index < -0.39 is 10.0 Å². The summed E-state index contributed by atoms with van der Waals surface area (Å²) in [5.41, 5.74) is 0.858. The minimum atomic E-state index is -3.61. The molecule has 1 aliphatic carbocycles. The molecule has 3 rings (SSSR count). The van der Waals surface area contributed by atoms with Crippen LogP contribution in [0.4, 0.5) is 4.39 Å². The summed E-state index contributed by atoms with van der Waals surface area (Å²) in [5, 5.41) is 0. The monoisotopic (exact) mass is 376 g/mol.